The van der Waals surface area contributed by atoms with Gasteiger partial charge in [0.1, 0.15) is 0 Å². The summed E-state index contributed by atoms with van der Waals surface area (Å²) in [4.78, 5) is 2.35. The maximum absolute atomic E-state index is 10.9. The molecule has 1 aromatic carbocycles. The number of nitrogens with zero attached hydrogens (tertiary/aromatic N) is 1. The van der Waals surface area contributed by atoms with Gasteiger partial charge in [0, 0.05) is 45.7 Å². The maximum atomic E-state index is 10.9. The topological polar surface area (TPSA) is 41.9 Å². The highest BCUT2D eigenvalue weighted by atomic mass is 16.5. The second-order valence-electron chi connectivity index (χ2n) is 6.67. The van der Waals surface area contributed by atoms with E-state index in [1.54, 1.807) is 0 Å². The minimum absolute atomic E-state index is 0.636. The van der Waals surface area contributed by atoms with E-state index in [1.807, 2.05) is 6.07 Å². The Kier molecular flexibility index (Phi) is 5.84. The van der Waals surface area contributed by atoms with Gasteiger partial charge in [-0.15, -0.1) is 0 Å². The summed E-state index contributed by atoms with van der Waals surface area (Å²) in [7, 11) is 0. The smallest absolute Gasteiger partial charge is 0.0818 e. The van der Waals surface area contributed by atoms with Gasteiger partial charge < -0.3 is 14.6 Å². The number of ether oxygens (including phenoxy) is 2. The van der Waals surface area contributed by atoms with Crippen molar-refractivity contribution in [1.82, 2.24) is 4.90 Å². The molecule has 0 spiro atoms. The third-order valence-corrected chi connectivity index (χ3v) is 4.60. The number of aliphatic hydroxyl groups is 1. The van der Waals surface area contributed by atoms with E-state index in [4.69, 9.17) is 9.47 Å². The van der Waals surface area contributed by atoms with Crippen molar-refractivity contribution >= 4 is 0 Å². The van der Waals surface area contributed by atoms with Crippen LogP contribution in [0.2, 0.25) is 0 Å². The Morgan fingerprint density at radius 3 is 2.48 bits per heavy atom. The van der Waals surface area contributed by atoms with E-state index < -0.39 is 5.60 Å². The molecule has 23 heavy (non-hydrogen) atoms. The van der Waals surface area contributed by atoms with Crippen LogP contribution in [-0.2, 0) is 16.0 Å². The summed E-state index contributed by atoms with van der Waals surface area (Å²) in [6, 6.07) is 10.5. The van der Waals surface area contributed by atoms with Crippen molar-refractivity contribution in [3.63, 3.8) is 0 Å². The van der Waals surface area contributed by atoms with E-state index in [-0.39, 0.29) is 0 Å². The van der Waals surface area contributed by atoms with Crippen LogP contribution in [0.25, 0.3) is 0 Å². The lowest BCUT2D eigenvalue weighted by atomic mass is 9.93. The molecule has 2 aliphatic rings. The van der Waals surface area contributed by atoms with E-state index in [1.165, 1.54) is 11.1 Å². The molecular weight excluding hydrogens is 290 g/mol. The van der Waals surface area contributed by atoms with Gasteiger partial charge in [-0.05, 0) is 17.6 Å². The van der Waals surface area contributed by atoms with Crippen LogP contribution in [0, 0.1) is 0 Å². The first-order valence-electron chi connectivity index (χ1n) is 8.56. The molecule has 2 aliphatic heterocycles. The summed E-state index contributed by atoms with van der Waals surface area (Å²) in [5.74, 6) is 0. The largest absolute Gasteiger partial charge is 0.388 e. The van der Waals surface area contributed by atoms with Crippen molar-refractivity contribution in [3.05, 3.63) is 47.5 Å². The highest BCUT2D eigenvalue weighted by Crippen LogP contribution is 2.23. The highest BCUT2D eigenvalue weighted by molar-refractivity contribution is 5.16. The number of rotatable bonds is 6. The van der Waals surface area contributed by atoms with Gasteiger partial charge >= 0.3 is 0 Å². The zero-order chi connectivity index (χ0) is 16.0. The van der Waals surface area contributed by atoms with Gasteiger partial charge in [-0.25, -0.2) is 0 Å². The van der Waals surface area contributed by atoms with Crippen LogP contribution >= 0.6 is 0 Å². The molecule has 2 heterocycles. The Balaban J connectivity index is 1.68. The molecule has 0 saturated carbocycles. The average molecular weight is 317 g/mol. The average Bonchev–Trinajstić information content (AvgIpc) is 2.57. The Morgan fingerprint density at radius 1 is 1.00 bits per heavy atom. The molecule has 1 fully saturated rings. The summed E-state index contributed by atoms with van der Waals surface area (Å²) in [6.45, 7) is 5.24. The molecule has 0 radical (unpaired) electrons. The van der Waals surface area contributed by atoms with Crippen molar-refractivity contribution in [3.8, 4) is 0 Å². The van der Waals surface area contributed by atoms with Gasteiger partial charge in [0.15, 0.2) is 0 Å². The third-order valence-electron chi connectivity index (χ3n) is 4.60. The van der Waals surface area contributed by atoms with Gasteiger partial charge in [-0.3, -0.25) is 4.90 Å². The summed E-state index contributed by atoms with van der Waals surface area (Å²) in [5, 5.41) is 10.9. The van der Waals surface area contributed by atoms with Crippen LogP contribution in [0.15, 0.2) is 42.0 Å². The van der Waals surface area contributed by atoms with Crippen LogP contribution in [-0.4, -0.2) is 55.1 Å². The van der Waals surface area contributed by atoms with Crippen LogP contribution in [0.5, 0.6) is 0 Å². The molecule has 1 saturated heterocycles. The quantitative estimate of drug-likeness (QED) is 0.818. The SMILES string of the molecule is OC1(CN(CC2=CCCOC2)Cc2ccccc2)CCOCC1. The monoisotopic (exact) mass is 317 g/mol. The molecule has 0 atom stereocenters. The molecule has 0 aliphatic carbocycles. The highest BCUT2D eigenvalue weighted by Gasteiger charge is 2.32. The minimum atomic E-state index is -0.636. The van der Waals surface area contributed by atoms with Crippen molar-refractivity contribution < 1.29 is 14.6 Å². The Labute approximate surface area is 138 Å². The van der Waals surface area contributed by atoms with Gasteiger partial charge in [0.2, 0.25) is 0 Å². The van der Waals surface area contributed by atoms with E-state index in [0.717, 1.165) is 26.1 Å². The van der Waals surface area contributed by atoms with E-state index in [0.29, 0.717) is 39.2 Å². The first-order chi connectivity index (χ1) is 11.2. The summed E-state index contributed by atoms with van der Waals surface area (Å²) < 4.78 is 11.0. The summed E-state index contributed by atoms with van der Waals surface area (Å²) in [6.07, 6.45) is 4.71. The van der Waals surface area contributed by atoms with Crippen LogP contribution < -0.4 is 0 Å². The molecule has 1 aromatic rings. The second kappa shape index (κ2) is 8.06. The van der Waals surface area contributed by atoms with Gasteiger partial charge in [0.05, 0.1) is 18.8 Å². The zero-order valence-corrected chi connectivity index (χ0v) is 13.7. The predicted octanol–water partition coefficient (Wildman–Crippen LogP) is 2.38. The van der Waals surface area contributed by atoms with Crippen molar-refractivity contribution in [2.75, 3.05) is 39.5 Å². The molecule has 0 bridgehead atoms. The first-order valence-corrected chi connectivity index (χ1v) is 8.56. The molecule has 3 rings (SSSR count). The van der Waals surface area contributed by atoms with Crippen LogP contribution in [0.4, 0.5) is 0 Å². The second-order valence-corrected chi connectivity index (χ2v) is 6.67. The molecule has 0 aromatic heterocycles. The van der Waals surface area contributed by atoms with E-state index in [9.17, 15) is 5.11 Å². The first kappa shape index (κ1) is 16.7. The summed E-state index contributed by atoms with van der Waals surface area (Å²) >= 11 is 0. The van der Waals surface area contributed by atoms with Gasteiger partial charge in [-0.2, -0.15) is 0 Å². The fraction of sp³-hybridized carbons (Fsp3) is 0.579. The van der Waals surface area contributed by atoms with E-state index in [2.05, 4.69) is 35.2 Å². The summed E-state index contributed by atoms with van der Waals surface area (Å²) in [5.41, 5.74) is 1.96. The fourth-order valence-electron chi connectivity index (χ4n) is 3.34. The fourth-order valence-corrected chi connectivity index (χ4v) is 3.34. The normalized spacial score (nSPS) is 21.2. The van der Waals surface area contributed by atoms with Crippen molar-refractivity contribution in [1.29, 1.82) is 0 Å². The maximum Gasteiger partial charge on any atom is 0.0818 e. The number of benzene rings is 1. The van der Waals surface area contributed by atoms with Crippen molar-refractivity contribution in [2.24, 2.45) is 0 Å². The Morgan fingerprint density at radius 2 is 1.78 bits per heavy atom. The molecule has 126 valence electrons. The van der Waals surface area contributed by atoms with Gasteiger partial charge in [0.25, 0.3) is 0 Å². The molecule has 1 N–H and O–H groups in total. The third kappa shape index (κ3) is 5.15. The standard InChI is InChI=1S/C19H27NO3/c21-19(8-11-22-12-9-19)16-20(13-17-5-2-1-3-6-17)14-18-7-4-10-23-15-18/h1-3,5-7,21H,4,8-16H2. The molecular formula is C19H27NO3. The number of hydrogen-bond donors (Lipinski definition) is 1. The lowest BCUT2D eigenvalue weighted by Crippen LogP contribution is -2.47. The van der Waals surface area contributed by atoms with Crippen LogP contribution in [0.3, 0.4) is 0 Å². The molecule has 0 unspecified atom stereocenters. The zero-order valence-electron chi connectivity index (χ0n) is 13.7. The van der Waals surface area contributed by atoms with Gasteiger partial charge in [-0.1, -0.05) is 36.4 Å². The molecule has 4 heteroatoms. The molecule has 0 amide bonds. The molecule has 4 nitrogen and oxygen atoms in total. The van der Waals surface area contributed by atoms with Crippen LogP contribution in [0.1, 0.15) is 24.8 Å². The lowest BCUT2D eigenvalue weighted by molar-refractivity contribution is -0.0802. The van der Waals surface area contributed by atoms with Crippen molar-refractivity contribution in [2.45, 2.75) is 31.4 Å². The number of hydrogen-bond acceptors (Lipinski definition) is 4. The lowest BCUT2D eigenvalue weighted by Gasteiger charge is -2.37. The van der Waals surface area contributed by atoms with E-state index >= 15 is 0 Å². The predicted molar refractivity (Wildman–Crippen MR) is 90.2 cm³/mol. The minimum Gasteiger partial charge on any atom is -0.388 e. The Hall–Kier alpha value is -1.20. The Bertz CT molecular complexity index is 509.